The van der Waals surface area contributed by atoms with Crippen molar-refractivity contribution in [2.45, 2.75) is 24.6 Å². The van der Waals surface area contributed by atoms with E-state index in [1.165, 1.54) is 0 Å². The van der Waals surface area contributed by atoms with E-state index in [-0.39, 0.29) is 11.2 Å². The molecule has 0 aromatic heterocycles. The van der Waals surface area contributed by atoms with Gasteiger partial charge in [0.15, 0.2) is 0 Å². The van der Waals surface area contributed by atoms with E-state index in [9.17, 15) is 8.42 Å². The SMILES string of the molecule is O=S1(=O)[C@@H]2CCNCC[C@@H]2CN1Cc1ccc(Cl)cc1. The third-order valence-electron chi connectivity index (χ3n) is 4.28. The zero-order valence-electron chi connectivity index (χ0n) is 11.3. The maximum Gasteiger partial charge on any atom is 0.217 e. The molecule has 0 amide bonds. The summed E-state index contributed by atoms with van der Waals surface area (Å²) in [6.45, 7) is 2.83. The van der Waals surface area contributed by atoms with Gasteiger partial charge in [0.1, 0.15) is 0 Å². The van der Waals surface area contributed by atoms with Crippen LogP contribution in [0.2, 0.25) is 5.02 Å². The molecule has 110 valence electrons. The summed E-state index contributed by atoms with van der Waals surface area (Å²) in [5.74, 6) is 0.266. The highest BCUT2D eigenvalue weighted by atomic mass is 35.5. The Labute approximate surface area is 125 Å². The van der Waals surface area contributed by atoms with Gasteiger partial charge in [-0.3, -0.25) is 0 Å². The molecule has 0 bridgehead atoms. The number of halogens is 1. The Bertz CT molecular complexity index is 573. The number of hydrogen-bond acceptors (Lipinski definition) is 3. The number of nitrogens with one attached hydrogen (secondary N) is 1. The third kappa shape index (κ3) is 2.72. The van der Waals surface area contributed by atoms with Crippen molar-refractivity contribution >= 4 is 21.6 Å². The van der Waals surface area contributed by atoms with Gasteiger partial charge in [-0.25, -0.2) is 8.42 Å². The van der Waals surface area contributed by atoms with Crippen LogP contribution >= 0.6 is 11.6 Å². The van der Waals surface area contributed by atoms with Crippen molar-refractivity contribution in [1.82, 2.24) is 9.62 Å². The van der Waals surface area contributed by atoms with Gasteiger partial charge in [-0.15, -0.1) is 0 Å². The first kappa shape index (κ1) is 14.3. The Balaban J connectivity index is 1.79. The number of benzene rings is 1. The summed E-state index contributed by atoms with van der Waals surface area (Å²) >= 11 is 5.86. The summed E-state index contributed by atoms with van der Waals surface area (Å²) in [5.41, 5.74) is 0.993. The van der Waals surface area contributed by atoms with E-state index in [1.54, 1.807) is 4.31 Å². The molecule has 1 N–H and O–H groups in total. The monoisotopic (exact) mass is 314 g/mol. The van der Waals surface area contributed by atoms with Gasteiger partial charge in [-0.1, -0.05) is 23.7 Å². The second-order valence-corrected chi connectivity index (χ2v) is 8.18. The minimum Gasteiger partial charge on any atom is -0.317 e. The first-order valence-corrected chi connectivity index (χ1v) is 8.89. The molecule has 2 fully saturated rings. The summed E-state index contributed by atoms with van der Waals surface area (Å²) in [5, 5.41) is 3.76. The molecule has 6 heteroatoms. The molecular weight excluding hydrogens is 296 g/mol. The van der Waals surface area contributed by atoms with Crippen molar-refractivity contribution in [3.05, 3.63) is 34.9 Å². The summed E-state index contributed by atoms with van der Waals surface area (Å²) in [6, 6.07) is 7.41. The van der Waals surface area contributed by atoms with E-state index in [0.717, 1.165) is 31.5 Å². The van der Waals surface area contributed by atoms with Gasteiger partial charge in [-0.05, 0) is 49.5 Å². The molecular formula is C14H19ClN2O2S. The van der Waals surface area contributed by atoms with Gasteiger partial charge in [0.2, 0.25) is 10.0 Å². The maximum atomic E-state index is 12.6. The lowest BCUT2D eigenvalue weighted by Gasteiger charge is -2.17. The van der Waals surface area contributed by atoms with Crippen LogP contribution in [-0.4, -0.2) is 37.6 Å². The first-order chi connectivity index (χ1) is 9.57. The molecule has 0 aliphatic carbocycles. The van der Waals surface area contributed by atoms with Crippen LogP contribution in [0.4, 0.5) is 0 Å². The second-order valence-electron chi connectivity index (χ2n) is 5.59. The lowest BCUT2D eigenvalue weighted by molar-refractivity contribution is 0.380. The summed E-state index contributed by atoms with van der Waals surface area (Å²) in [4.78, 5) is 0. The highest BCUT2D eigenvalue weighted by Gasteiger charge is 2.45. The largest absolute Gasteiger partial charge is 0.317 e. The predicted octanol–water partition coefficient (Wildman–Crippen LogP) is 1.85. The van der Waals surface area contributed by atoms with E-state index >= 15 is 0 Å². The average Bonchev–Trinajstić information content (AvgIpc) is 2.60. The fraction of sp³-hybridized carbons (Fsp3) is 0.571. The zero-order valence-corrected chi connectivity index (χ0v) is 12.8. The van der Waals surface area contributed by atoms with Crippen LogP contribution in [0.1, 0.15) is 18.4 Å². The van der Waals surface area contributed by atoms with Gasteiger partial charge < -0.3 is 5.32 Å². The molecule has 0 radical (unpaired) electrons. The van der Waals surface area contributed by atoms with E-state index < -0.39 is 10.0 Å². The van der Waals surface area contributed by atoms with E-state index in [1.807, 2.05) is 24.3 Å². The lowest BCUT2D eigenvalue weighted by atomic mass is 10.0. The highest BCUT2D eigenvalue weighted by molar-refractivity contribution is 7.90. The number of sulfonamides is 1. The van der Waals surface area contributed by atoms with Crippen LogP contribution in [0.15, 0.2) is 24.3 Å². The smallest absolute Gasteiger partial charge is 0.217 e. The van der Waals surface area contributed by atoms with Crippen LogP contribution in [0.3, 0.4) is 0 Å². The van der Waals surface area contributed by atoms with Crippen molar-refractivity contribution in [3.63, 3.8) is 0 Å². The van der Waals surface area contributed by atoms with Crippen molar-refractivity contribution in [2.24, 2.45) is 5.92 Å². The van der Waals surface area contributed by atoms with E-state index in [0.29, 0.717) is 18.1 Å². The quantitative estimate of drug-likeness (QED) is 0.906. The van der Waals surface area contributed by atoms with Crippen LogP contribution in [0, 0.1) is 5.92 Å². The standard InChI is InChI=1S/C14H19ClN2O2S/c15-13-3-1-11(2-4-13)9-17-10-12-5-7-16-8-6-14(12)20(17,18)19/h1-4,12,14,16H,5-10H2/t12-,14-/m1/s1. The lowest BCUT2D eigenvalue weighted by Crippen LogP contribution is -2.30. The first-order valence-electron chi connectivity index (χ1n) is 7.01. The Morgan fingerprint density at radius 2 is 1.90 bits per heavy atom. The fourth-order valence-electron chi connectivity index (χ4n) is 3.18. The molecule has 2 heterocycles. The Morgan fingerprint density at radius 3 is 2.65 bits per heavy atom. The van der Waals surface area contributed by atoms with E-state index in [2.05, 4.69) is 5.32 Å². The van der Waals surface area contributed by atoms with Gasteiger partial charge >= 0.3 is 0 Å². The van der Waals surface area contributed by atoms with Crippen LogP contribution in [-0.2, 0) is 16.6 Å². The Morgan fingerprint density at radius 1 is 1.20 bits per heavy atom. The Hall–Kier alpha value is -0.620. The van der Waals surface area contributed by atoms with Gasteiger partial charge in [0.25, 0.3) is 0 Å². The molecule has 20 heavy (non-hydrogen) atoms. The Kier molecular flexibility index (Phi) is 4.04. The fourth-order valence-corrected chi connectivity index (χ4v) is 5.55. The maximum absolute atomic E-state index is 12.6. The normalized spacial score (nSPS) is 29.9. The van der Waals surface area contributed by atoms with Crippen LogP contribution in [0.5, 0.6) is 0 Å². The van der Waals surface area contributed by atoms with Crippen LogP contribution < -0.4 is 5.32 Å². The number of rotatable bonds is 2. The average molecular weight is 315 g/mol. The predicted molar refractivity (Wildman–Crippen MR) is 80.2 cm³/mol. The summed E-state index contributed by atoms with van der Waals surface area (Å²) in [7, 11) is -3.16. The molecule has 0 saturated carbocycles. The minimum absolute atomic E-state index is 0.204. The van der Waals surface area contributed by atoms with Crippen molar-refractivity contribution in [1.29, 1.82) is 0 Å². The van der Waals surface area contributed by atoms with Crippen molar-refractivity contribution < 1.29 is 8.42 Å². The topological polar surface area (TPSA) is 49.4 Å². The van der Waals surface area contributed by atoms with Gasteiger partial charge in [0.05, 0.1) is 5.25 Å². The number of fused-ring (bicyclic) bond motifs is 1. The van der Waals surface area contributed by atoms with Crippen LogP contribution in [0.25, 0.3) is 0 Å². The van der Waals surface area contributed by atoms with Crippen molar-refractivity contribution in [3.8, 4) is 0 Å². The summed E-state index contributed by atoms with van der Waals surface area (Å²) < 4.78 is 26.9. The van der Waals surface area contributed by atoms with Crippen molar-refractivity contribution in [2.75, 3.05) is 19.6 Å². The van der Waals surface area contributed by atoms with E-state index in [4.69, 9.17) is 11.6 Å². The molecule has 0 unspecified atom stereocenters. The molecule has 4 nitrogen and oxygen atoms in total. The summed E-state index contributed by atoms with van der Waals surface area (Å²) in [6.07, 6.45) is 1.67. The second kappa shape index (κ2) is 5.64. The molecule has 0 spiro atoms. The zero-order chi connectivity index (χ0) is 14.2. The molecule has 2 aliphatic rings. The number of hydrogen-bond donors (Lipinski definition) is 1. The molecule has 1 aromatic carbocycles. The number of nitrogens with zero attached hydrogens (tertiary/aromatic N) is 1. The highest BCUT2D eigenvalue weighted by Crippen LogP contribution is 2.33. The third-order valence-corrected chi connectivity index (χ3v) is 6.91. The molecule has 3 rings (SSSR count). The molecule has 2 atom stereocenters. The molecule has 1 aromatic rings. The molecule has 2 aliphatic heterocycles. The minimum atomic E-state index is -3.16. The van der Waals surface area contributed by atoms with Gasteiger partial charge in [0, 0.05) is 18.1 Å². The van der Waals surface area contributed by atoms with Gasteiger partial charge in [-0.2, -0.15) is 4.31 Å². The molecule has 2 saturated heterocycles.